The number of rotatable bonds is 2. The van der Waals surface area contributed by atoms with Crippen molar-refractivity contribution in [3.8, 4) is 0 Å². The van der Waals surface area contributed by atoms with Gasteiger partial charge < -0.3 is 5.73 Å². The first-order valence-corrected chi connectivity index (χ1v) is 4.85. The first kappa shape index (κ1) is 16.6. The van der Waals surface area contributed by atoms with Gasteiger partial charge in [0.25, 0.3) is 0 Å². The first-order valence-electron chi connectivity index (χ1n) is 4.85. The minimum Gasteiger partial charge on any atom is -0.319 e. The number of hydrogen-bond donors (Lipinski definition) is 1. The highest BCUT2D eigenvalue weighted by molar-refractivity contribution is 5.29. The monoisotopic (exact) mass is 311 g/mol. The zero-order chi connectivity index (χ0) is 15.9. The highest BCUT2D eigenvalue weighted by Crippen LogP contribution is 2.43. The Labute approximate surface area is 106 Å². The van der Waals surface area contributed by atoms with Crippen LogP contribution >= 0.6 is 0 Å². The highest BCUT2D eigenvalue weighted by atomic mass is 19.4. The lowest BCUT2D eigenvalue weighted by molar-refractivity contribution is -0.291. The van der Waals surface area contributed by atoms with Crippen LogP contribution in [0.3, 0.4) is 0 Å². The molecule has 114 valence electrons. The molecule has 0 saturated heterocycles. The van der Waals surface area contributed by atoms with E-state index in [9.17, 15) is 39.5 Å². The molecule has 1 nitrogen and oxygen atoms in total. The van der Waals surface area contributed by atoms with E-state index in [1.807, 2.05) is 0 Å². The Balaban J connectivity index is 3.21. The van der Waals surface area contributed by atoms with Crippen molar-refractivity contribution in [2.75, 3.05) is 0 Å². The Kier molecular flexibility index (Phi) is 4.01. The average molecular weight is 311 g/mol. The molecule has 2 N–H and O–H groups in total. The number of hydrogen-bond acceptors (Lipinski definition) is 1. The molecular formula is C10H6F9N. The molecule has 0 amide bonds. The van der Waals surface area contributed by atoms with Crippen LogP contribution in [0.4, 0.5) is 39.5 Å². The van der Waals surface area contributed by atoms with Gasteiger partial charge in [0.1, 0.15) is 11.9 Å². The summed E-state index contributed by atoms with van der Waals surface area (Å²) in [5, 5.41) is 0. The van der Waals surface area contributed by atoms with Crippen molar-refractivity contribution in [3.05, 3.63) is 35.1 Å². The van der Waals surface area contributed by atoms with Gasteiger partial charge in [-0.2, -0.15) is 35.1 Å². The highest BCUT2D eigenvalue weighted by Gasteiger charge is 2.61. The maximum atomic E-state index is 13.1. The molecule has 0 spiro atoms. The molecule has 1 atom stereocenters. The Hall–Kier alpha value is -1.45. The summed E-state index contributed by atoms with van der Waals surface area (Å²) in [7, 11) is 0. The standard InChI is InChI=1S/C10H6F9N/c11-6-3-4(1-2-5(6)9(14,15)16)7(20)8(12,13)10(17,18)19/h1-3,7H,20H2/t7-/m0/s1. The summed E-state index contributed by atoms with van der Waals surface area (Å²) in [6, 6.07) is -2.78. The second kappa shape index (κ2) is 4.83. The smallest absolute Gasteiger partial charge is 0.319 e. The summed E-state index contributed by atoms with van der Waals surface area (Å²) in [5.74, 6) is -7.39. The van der Waals surface area contributed by atoms with Gasteiger partial charge >= 0.3 is 18.3 Å². The zero-order valence-corrected chi connectivity index (χ0v) is 9.29. The molecule has 10 heteroatoms. The van der Waals surface area contributed by atoms with E-state index in [0.717, 1.165) is 0 Å². The lowest BCUT2D eigenvalue weighted by atomic mass is 9.99. The van der Waals surface area contributed by atoms with Crippen LogP contribution in [0.15, 0.2) is 18.2 Å². The topological polar surface area (TPSA) is 26.0 Å². The summed E-state index contributed by atoms with van der Waals surface area (Å²) in [6.45, 7) is 0. The number of halogens is 9. The van der Waals surface area contributed by atoms with Crippen LogP contribution < -0.4 is 5.73 Å². The van der Waals surface area contributed by atoms with E-state index in [1.54, 1.807) is 0 Å². The summed E-state index contributed by atoms with van der Waals surface area (Å²) in [5.41, 5.74) is 1.78. The zero-order valence-electron chi connectivity index (χ0n) is 9.29. The van der Waals surface area contributed by atoms with Crippen LogP contribution in [0, 0.1) is 5.82 Å². The van der Waals surface area contributed by atoms with E-state index in [-0.39, 0.29) is 18.2 Å². The summed E-state index contributed by atoms with van der Waals surface area (Å²) in [4.78, 5) is 0. The van der Waals surface area contributed by atoms with Gasteiger partial charge in [-0.3, -0.25) is 0 Å². The molecule has 0 aliphatic rings. The van der Waals surface area contributed by atoms with E-state index < -0.39 is 41.3 Å². The Bertz CT molecular complexity index is 488. The quantitative estimate of drug-likeness (QED) is 0.820. The number of nitrogens with two attached hydrogens (primary N) is 1. The second-order valence-corrected chi connectivity index (χ2v) is 3.84. The summed E-state index contributed by atoms with van der Waals surface area (Å²) >= 11 is 0. The van der Waals surface area contributed by atoms with Gasteiger partial charge in [-0.15, -0.1) is 0 Å². The van der Waals surface area contributed by atoms with Gasteiger partial charge in [0.15, 0.2) is 0 Å². The molecule has 0 aliphatic heterocycles. The van der Waals surface area contributed by atoms with Crippen molar-refractivity contribution in [1.29, 1.82) is 0 Å². The van der Waals surface area contributed by atoms with Crippen molar-refractivity contribution in [2.45, 2.75) is 24.3 Å². The molecular weight excluding hydrogens is 305 g/mol. The SMILES string of the molecule is N[C@@H](c1ccc(C(F)(F)F)c(F)c1)C(F)(F)C(F)(F)F. The predicted octanol–water partition coefficient (Wildman–Crippen LogP) is 4.04. The Morgan fingerprint density at radius 3 is 1.75 bits per heavy atom. The van der Waals surface area contributed by atoms with Crippen LogP contribution in [-0.2, 0) is 6.18 Å². The Morgan fingerprint density at radius 1 is 0.900 bits per heavy atom. The van der Waals surface area contributed by atoms with Crippen LogP contribution in [0.2, 0.25) is 0 Å². The van der Waals surface area contributed by atoms with Crippen LogP contribution in [0.25, 0.3) is 0 Å². The van der Waals surface area contributed by atoms with Gasteiger partial charge in [0, 0.05) is 0 Å². The third kappa shape index (κ3) is 3.00. The van der Waals surface area contributed by atoms with Crippen molar-refractivity contribution >= 4 is 0 Å². The minimum atomic E-state index is -6.01. The van der Waals surface area contributed by atoms with Crippen LogP contribution in [0.5, 0.6) is 0 Å². The van der Waals surface area contributed by atoms with Crippen molar-refractivity contribution in [3.63, 3.8) is 0 Å². The molecule has 1 aromatic rings. The molecule has 20 heavy (non-hydrogen) atoms. The molecule has 0 unspecified atom stereocenters. The average Bonchev–Trinajstić information content (AvgIpc) is 2.24. The normalized spacial score (nSPS) is 15.3. The number of benzene rings is 1. The van der Waals surface area contributed by atoms with Crippen LogP contribution in [0.1, 0.15) is 17.2 Å². The molecule has 0 fully saturated rings. The molecule has 0 radical (unpaired) electrons. The lowest BCUT2D eigenvalue weighted by Gasteiger charge is -2.26. The van der Waals surface area contributed by atoms with Crippen LogP contribution in [-0.4, -0.2) is 12.1 Å². The molecule has 1 rings (SSSR count). The fraction of sp³-hybridized carbons (Fsp3) is 0.400. The molecule has 0 heterocycles. The fourth-order valence-electron chi connectivity index (χ4n) is 1.34. The van der Waals surface area contributed by atoms with Gasteiger partial charge in [0.05, 0.1) is 5.56 Å². The van der Waals surface area contributed by atoms with E-state index >= 15 is 0 Å². The predicted molar refractivity (Wildman–Crippen MR) is 49.3 cm³/mol. The number of alkyl halides is 8. The van der Waals surface area contributed by atoms with E-state index in [1.165, 1.54) is 0 Å². The summed E-state index contributed by atoms with van der Waals surface area (Å²) in [6.07, 6.45) is -11.1. The molecule has 0 saturated carbocycles. The van der Waals surface area contributed by atoms with Crippen molar-refractivity contribution < 1.29 is 39.5 Å². The van der Waals surface area contributed by atoms with Gasteiger partial charge in [-0.1, -0.05) is 6.07 Å². The molecule has 0 aliphatic carbocycles. The maximum Gasteiger partial charge on any atom is 0.455 e. The maximum absolute atomic E-state index is 13.1. The van der Waals surface area contributed by atoms with Gasteiger partial charge in [-0.05, 0) is 17.7 Å². The minimum absolute atomic E-state index is 0.0526. The summed E-state index contributed by atoms with van der Waals surface area (Å²) < 4.78 is 112. The van der Waals surface area contributed by atoms with Crippen molar-refractivity contribution in [1.82, 2.24) is 0 Å². The molecule has 1 aromatic carbocycles. The largest absolute Gasteiger partial charge is 0.455 e. The fourth-order valence-corrected chi connectivity index (χ4v) is 1.34. The Morgan fingerprint density at radius 2 is 1.40 bits per heavy atom. The van der Waals surface area contributed by atoms with Crippen molar-refractivity contribution in [2.24, 2.45) is 5.73 Å². The lowest BCUT2D eigenvalue weighted by Crippen LogP contribution is -2.45. The third-order valence-electron chi connectivity index (χ3n) is 2.43. The molecule has 0 bridgehead atoms. The molecule has 0 aromatic heterocycles. The third-order valence-corrected chi connectivity index (χ3v) is 2.43. The van der Waals surface area contributed by atoms with Gasteiger partial charge in [-0.25, -0.2) is 4.39 Å². The first-order chi connectivity index (χ1) is 8.78. The second-order valence-electron chi connectivity index (χ2n) is 3.84. The van der Waals surface area contributed by atoms with Gasteiger partial charge in [0.2, 0.25) is 0 Å². The van der Waals surface area contributed by atoms with E-state index in [2.05, 4.69) is 5.73 Å². The van der Waals surface area contributed by atoms with E-state index in [0.29, 0.717) is 0 Å². The van der Waals surface area contributed by atoms with E-state index in [4.69, 9.17) is 0 Å².